The van der Waals surface area contributed by atoms with Crippen LogP contribution in [0.1, 0.15) is 12.8 Å². The minimum Gasteiger partial charge on any atom is -0.409 e. The van der Waals surface area contributed by atoms with Gasteiger partial charge in [-0.25, -0.2) is 0 Å². The Morgan fingerprint density at radius 3 is 2.85 bits per heavy atom. The maximum atomic E-state index is 11.7. The van der Waals surface area contributed by atoms with Gasteiger partial charge in [0.2, 0.25) is 5.88 Å². The average Bonchev–Trinajstić information content (AvgIpc) is 2.79. The van der Waals surface area contributed by atoms with Gasteiger partial charge in [-0.3, -0.25) is 4.79 Å². The van der Waals surface area contributed by atoms with Gasteiger partial charge in [0.15, 0.2) is 0 Å². The third-order valence-corrected chi connectivity index (χ3v) is 2.92. The van der Waals surface area contributed by atoms with Gasteiger partial charge in [0.1, 0.15) is 0 Å². The number of carbonyl (C=O) groups excluding carboxylic acids is 1. The average molecular weight is 275 g/mol. The largest absolute Gasteiger partial charge is 0.409 e. The molecule has 0 amide bonds. The van der Waals surface area contributed by atoms with Gasteiger partial charge < -0.3 is 19.9 Å². The number of ether oxygens (including phenoxy) is 1. The van der Waals surface area contributed by atoms with Crippen LogP contribution in [0.2, 0.25) is 0 Å². The maximum Gasteiger partial charge on any atom is 0.315 e. The lowest BCUT2D eigenvalue weighted by molar-refractivity contribution is -0.137. The van der Waals surface area contributed by atoms with Crippen molar-refractivity contribution in [2.24, 2.45) is 0 Å². The van der Waals surface area contributed by atoms with E-state index >= 15 is 0 Å². The predicted molar refractivity (Wildman–Crippen MR) is 75.4 cm³/mol. The number of carbonyl (C=O) groups is 1. The van der Waals surface area contributed by atoms with E-state index in [4.69, 9.17) is 4.74 Å². The van der Waals surface area contributed by atoms with Crippen molar-refractivity contribution in [1.29, 1.82) is 0 Å². The molecule has 1 aromatic carbocycles. The van der Waals surface area contributed by atoms with Crippen molar-refractivity contribution in [2.45, 2.75) is 25.0 Å². The molecule has 5 heteroatoms. The van der Waals surface area contributed by atoms with Crippen LogP contribution >= 0.6 is 0 Å². The zero-order valence-electron chi connectivity index (χ0n) is 11.0. The van der Waals surface area contributed by atoms with Crippen molar-refractivity contribution < 1.29 is 19.7 Å². The molecule has 2 unspecified atom stereocenters. The molecule has 0 saturated carbocycles. The second-order valence-corrected chi connectivity index (χ2v) is 4.59. The van der Waals surface area contributed by atoms with Gasteiger partial charge in [0.05, 0.1) is 18.6 Å². The van der Waals surface area contributed by atoms with Gasteiger partial charge in [-0.15, -0.1) is 6.58 Å². The monoisotopic (exact) mass is 275 g/mol. The molecule has 2 aromatic rings. The summed E-state index contributed by atoms with van der Waals surface area (Å²) in [6, 6.07) is 9.27. The summed E-state index contributed by atoms with van der Waals surface area (Å²) >= 11 is 0. The first-order valence-corrected chi connectivity index (χ1v) is 6.35. The van der Waals surface area contributed by atoms with Gasteiger partial charge in [0.25, 0.3) is 0 Å². The highest BCUT2D eigenvalue weighted by Gasteiger charge is 2.16. The number of para-hydroxylation sites is 1. The normalized spacial score (nSPS) is 13.9. The summed E-state index contributed by atoms with van der Waals surface area (Å²) in [5.74, 6) is -0.215. The number of aliphatic hydroxyl groups excluding tert-OH is 2. The van der Waals surface area contributed by atoms with E-state index in [1.54, 1.807) is 6.07 Å². The quantitative estimate of drug-likeness (QED) is 0.554. The molecule has 0 bridgehead atoms. The molecule has 3 N–H and O–H groups in total. The second kappa shape index (κ2) is 6.36. The number of aromatic nitrogens is 1. The standard InChI is InChI=1S/C15H17NO4/c1-2-11(17)8-12(18)9-15(19)20-14-7-10-5-3-4-6-13(10)16-14/h2-7,11-12,16-18H,1,8-9H2. The van der Waals surface area contributed by atoms with E-state index in [1.165, 1.54) is 6.08 Å². The van der Waals surface area contributed by atoms with Crippen LogP contribution in [-0.4, -0.2) is 33.4 Å². The highest BCUT2D eigenvalue weighted by Crippen LogP contribution is 2.20. The Bertz CT molecular complexity index is 572. The molecular formula is C15H17NO4. The Labute approximate surface area is 116 Å². The van der Waals surface area contributed by atoms with E-state index in [0.717, 1.165) is 10.9 Å². The summed E-state index contributed by atoms with van der Waals surface area (Å²) in [5, 5.41) is 19.9. The van der Waals surface area contributed by atoms with Crippen LogP contribution in [0, 0.1) is 0 Å². The van der Waals surface area contributed by atoms with Gasteiger partial charge in [-0.05, 0) is 6.07 Å². The number of esters is 1. The summed E-state index contributed by atoms with van der Waals surface area (Å²) in [6.07, 6.45) is -0.594. The highest BCUT2D eigenvalue weighted by molar-refractivity contribution is 5.82. The van der Waals surface area contributed by atoms with Gasteiger partial charge in [-0.2, -0.15) is 0 Å². The molecule has 0 radical (unpaired) electrons. The van der Waals surface area contributed by atoms with Crippen LogP contribution in [0.25, 0.3) is 10.9 Å². The maximum absolute atomic E-state index is 11.7. The first-order chi connectivity index (χ1) is 9.58. The van der Waals surface area contributed by atoms with Crippen LogP contribution in [-0.2, 0) is 4.79 Å². The van der Waals surface area contributed by atoms with Crippen molar-refractivity contribution in [3.63, 3.8) is 0 Å². The Hall–Kier alpha value is -2.11. The van der Waals surface area contributed by atoms with Crippen molar-refractivity contribution >= 4 is 16.9 Å². The molecule has 0 fully saturated rings. The highest BCUT2D eigenvalue weighted by atomic mass is 16.5. The number of hydrogen-bond donors (Lipinski definition) is 3. The molecule has 106 valence electrons. The minimum atomic E-state index is -0.958. The number of H-pyrrole nitrogens is 1. The summed E-state index contributed by atoms with van der Waals surface area (Å²) in [4.78, 5) is 14.6. The third-order valence-electron chi connectivity index (χ3n) is 2.92. The lowest BCUT2D eigenvalue weighted by Crippen LogP contribution is -2.22. The smallest absolute Gasteiger partial charge is 0.315 e. The van der Waals surface area contributed by atoms with Crippen LogP contribution in [0.3, 0.4) is 0 Å². The first kappa shape index (κ1) is 14.3. The van der Waals surface area contributed by atoms with Crippen LogP contribution in [0.5, 0.6) is 5.88 Å². The number of aromatic amines is 1. The van der Waals surface area contributed by atoms with Crippen LogP contribution in [0.15, 0.2) is 43.0 Å². The Morgan fingerprint density at radius 2 is 2.15 bits per heavy atom. The summed E-state index contributed by atoms with van der Waals surface area (Å²) in [7, 11) is 0. The second-order valence-electron chi connectivity index (χ2n) is 4.59. The number of aliphatic hydroxyl groups is 2. The number of hydrogen-bond acceptors (Lipinski definition) is 4. The summed E-state index contributed by atoms with van der Waals surface area (Å²) < 4.78 is 5.12. The lowest BCUT2D eigenvalue weighted by atomic mass is 10.1. The summed E-state index contributed by atoms with van der Waals surface area (Å²) in [6.45, 7) is 3.40. The van der Waals surface area contributed by atoms with E-state index in [0.29, 0.717) is 5.88 Å². The molecule has 1 heterocycles. The lowest BCUT2D eigenvalue weighted by Gasteiger charge is -2.11. The van der Waals surface area contributed by atoms with E-state index in [-0.39, 0.29) is 12.8 Å². The van der Waals surface area contributed by atoms with Crippen LogP contribution < -0.4 is 4.74 Å². The SMILES string of the molecule is C=CC(O)CC(O)CC(=O)Oc1cc2ccccc2[nH]1. The fourth-order valence-corrected chi connectivity index (χ4v) is 1.92. The molecule has 5 nitrogen and oxygen atoms in total. The first-order valence-electron chi connectivity index (χ1n) is 6.35. The van der Waals surface area contributed by atoms with Crippen molar-refractivity contribution in [1.82, 2.24) is 4.98 Å². The van der Waals surface area contributed by atoms with Crippen molar-refractivity contribution in [2.75, 3.05) is 0 Å². The number of rotatable bonds is 6. The number of nitrogens with one attached hydrogen (secondary N) is 1. The molecule has 0 aliphatic rings. The zero-order valence-corrected chi connectivity index (χ0v) is 11.0. The van der Waals surface area contributed by atoms with Gasteiger partial charge in [-0.1, -0.05) is 24.3 Å². The van der Waals surface area contributed by atoms with E-state index in [2.05, 4.69) is 11.6 Å². The van der Waals surface area contributed by atoms with Gasteiger partial charge >= 0.3 is 5.97 Å². The Balaban J connectivity index is 1.92. The van der Waals surface area contributed by atoms with E-state index in [1.807, 2.05) is 24.3 Å². The Morgan fingerprint density at radius 1 is 1.40 bits per heavy atom. The molecule has 0 spiro atoms. The fraction of sp³-hybridized carbons (Fsp3) is 0.267. The van der Waals surface area contributed by atoms with Crippen LogP contribution in [0.4, 0.5) is 0 Å². The van der Waals surface area contributed by atoms with Crippen molar-refractivity contribution in [3.05, 3.63) is 43.0 Å². The molecule has 0 aliphatic heterocycles. The van der Waals surface area contributed by atoms with Crippen molar-refractivity contribution in [3.8, 4) is 5.88 Å². The Kier molecular flexibility index (Phi) is 4.55. The summed E-state index contributed by atoms with van der Waals surface area (Å²) in [5.41, 5.74) is 0.873. The molecule has 0 saturated heterocycles. The van der Waals surface area contributed by atoms with E-state index < -0.39 is 18.2 Å². The number of benzene rings is 1. The third kappa shape index (κ3) is 3.69. The molecule has 2 atom stereocenters. The molecule has 1 aromatic heterocycles. The van der Waals surface area contributed by atoms with E-state index in [9.17, 15) is 15.0 Å². The molecule has 2 rings (SSSR count). The predicted octanol–water partition coefficient (Wildman–Crippen LogP) is 1.76. The topological polar surface area (TPSA) is 82.6 Å². The number of fused-ring (bicyclic) bond motifs is 1. The molecule has 0 aliphatic carbocycles. The molecular weight excluding hydrogens is 258 g/mol. The fourth-order valence-electron chi connectivity index (χ4n) is 1.92. The zero-order chi connectivity index (χ0) is 14.5. The minimum absolute atomic E-state index is 0.0608. The molecule has 20 heavy (non-hydrogen) atoms. The van der Waals surface area contributed by atoms with Gasteiger partial charge in [0, 0.05) is 23.4 Å².